The summed E-state index contributed by atoms with van der Waals surface area (Å²) in [7, 11) is 0. The fourth-order valence-corrected chi connectivity index (χ4v) is 1.74. The van der Waals surface area contributed by atoms with Gasteiger partial charge in [0.25, 0.3) is 5.56 Å². The SMILES string of the molecule is O=C(O)Cn1ncc(Cl)c(C2CC2)c1=O. The molecule has 1 fully saturated rings. The van der Waals surface area contributed by atoms with Crippen LogP contribution in [-0.2, 0) is 11.3 Å². The van der Waals surface area contributed by atoms with Crippen molar-refractivity contribution >= 4 is 17.6 Å². The smallest absolute Gasteiger partial charge is 0.325 e. The summed E-state index contributed by atoms with van der Waals surface area (Å²) in [6.45, 7) is -0.421. The van der Waals surface area contributed by atoms with E-state index in [-0.39, 0.29) is 11.5 Å². The Labute approximate surface area is 90.3 Å². The summed E-state index contributed by atoms with van der Waals surface area (Å²) >= 11 is 5.85. The minimum absolute atomic E-state index is 0.188. The first kappa shape index (κ1) is 10.2. The zero-order valence-electron chi connectivity index (χ0n) is 7.81. The molecule has 5 nitrogen and oxygen atoms in total. The summed E-state index contributed by atoms with van der Waals surface area (Å²) < 4.78 is 0.932. The highest BCUT2D eigenvalue weighted by Gasteiger charge is 2.29. The van der Waals surface area contributed by atoms with Gasteiger partial charge >= 0.3 is 5.97 Å². The van der Waals surface area contributed by atoms with Crippen molar-refractivity contribution in [2.75, 3.05) is 0 Å². The van der Waals surface area contributed by atoms with Crippen LogP contribution in [0.25, 0.3) is 0 Å². The Balaban J connectivity index is 2.45. The van der Waals surface area contributed by atoms with Crippen LogP contribution in [0.15, 0.2) is 11.0 Å². The standard InChI is InChI=1S/C9H9ClN2O3/c10-6-3-11-12(4-7(13)14)9(15)8(6)5-1-2-5/h3,5H,1-2,4H2,(H,13,14). The van der Waals surface area contributed by atoms with E-state index in [1.54, 1.807) is 0 Å². The second-order valence-electron chi connectivity index (χ2n) is 3.54. The molecule has 1 aliphatic carbocycles. The Hall–Kier alpha value is -1.36. The third kappa shape index (κ3) is 2.02. The molecule has 80 valence electrons. The normalized spacial score (nSPS) is 15.3. The maximum atomic E-state index is 11.8. The number of rotatable bonds is 3. The molecular weight excluding hydrogens is 220 g/mol. The van der Waals surface area contributed by atoms with Crippen LogP contribution >= 0.6 is 11.6 Å². The number of nitrogens with zero attached hydrogens (tertiary/aromatic N) is 2. The van der Waals surface area contributed by atoms with Crippen LogP contribution in [0.2, 0.25) is 5.02 Å². The highest BCUT2D eigenvalue weighted by molar-refractivity contribution is 6.31. The van der Waals surface area contributed by atoms with E-state index in [0.29, 0.717) is 10.6 Å². The number of hydrogen-bond donors (Lipinski definition) is 1. The van der Waals surface area contributed by atoms with Gasteiger partial charge in [0.1, 0.15) is 6.54 Å². The fourth-order valence-electron chi connectivity index (χ4n) is 1.47. The Morgan fingerprint density at radius 2 is 2.33 bits per heavy atom. The molecule has 1 aromatic heterocycles. The molecule has 0 aromatic carbocycles. The molecule has 0 saturated heterocycles. The lowest BCUT2D eigenvalue weighted by Crippen LogP contribution is -2.29. The second kappa shape index (κ2) is 3.66. The molecule has 1 aliphatic rings. The minimum atomic E-state index is -1.09. The van der Waals surface area contributed by atoms with Crippen molar-refractivity contribution < 1.29 is 9.90 Å². The molecule has 1 heterocycles. The van der Waals surface area contributed by atoms with Crippen LogP contribution in [0.4, 0.5) is 0 Å². The van der Waals surface area contributed by atoms with Gasteiger partial charge in [-0.15, -0.1) is 0 Å². The van der Waals surface area contributed by atoms with Crippen LogP contribution in [0, 0.1) is 0 Å². The monoisotopic (exact) mass is 228 g/mol. The van der Waals surface area contributed by atoms with Gasteiger partial charge in [-0.3, -0.25) is 9.59 Å². The van der Waals surface area contributed by atoms with Crippen molar-refractivity contribution in [1.29, 1.82) is 0 Å². The van der Waals surface area contributed by atoms with E-state index in [4.69, 9.17) is 16.7 Å². The van der Waals surface area contributed by atoms with Gasteiger partial charge in [0, 0.05) is 5.56 Å². The molecule has 0 radical (unpaired) electrons. The summed E-state index contributed by atoms with van der Waals surface area (Å²) in [5.41, 5.74) is 0.125. The zero-order valence-corrected chi connectivity index (χ0v) is 8.57. The van der Waals surface area contributed by atoms with Crippen molar-refractivity contribution in [3.63, 3.8) is 0 Å². The van der Waals surface area contributed by atoms with Gasteiger partial charge < -0.3 is 5.11 Å². The molecule has 2 rings (SSSR count). The van der Waals surface area contributed by atoms with Gasteiger partial charge in [-0.25, -0.2) is 4.68 Å². The predicted molar refractivity (Wildman–Crippen MR) is 53.1 cm³/mol. The maximum Gasteiger partial charge on any atom is 0.325 e. The van der Waals surface area contributed by atoms with Gasteiger partial charge in [0.05, 0.1) is 11.2 Å². The molecule has 0 aliphatic heterocycles. The molecule has 0 spiro atoms. The largest absolute Gasteiger partial charge is 0.480 e. The lowest BCUT2D eigenvalue weighted by molar-refractivity contribution is -0.138. The van der Waals surface area contributed by atoms with Gasteiger partial charge in [-0.2, -0.15) is 5.10 Å². The van der Waals surface area contributed by atoms with E-state index in [0.717, 1.165) is 17.5 Å². The van der Waals surface area contributed by atoms with E-state index in [1.807, 2.05) is 0 Å². The Kier molecular flexibility index (Phi) is 2.48. The number of halogens is 1. The Bertz CT molecular complexity index is 465. The molecule has 1 aromatic rings. The highest BCUT2D eigenvalue weighted by Crippen LogP contribution is 2.40. The van der Waals surface area contributed by atoms with E-state index in [2.05, 4.69) is 5.10 Å². The third-order valence-electron chi connectivity index (χ3n) is 2.30. The molecule has 0 amide bonds. The number of carbonyl (C=O) groups is 1. The summed E-state index contributed by atoms with van der Waals surface area (Å²) in [6.07, 6.45) is 3.21. The minimum Gasteiger partial charge on any atom is -0.480 e. The van der Waals surface area contributed by atoms with Crippen LogP contribution in [0.5, 0.6) is 0 Å². The molecule has 1 saturated carbocycles. The lowest BCUT2D eigenvalue weighted by atomic mass is 10.2. The second-order valence-corrected chi connectivity index (χ2v) is 3.94. The fraction of sp³-hybridized carbons (Fsp3) is 0.444. The van der Waals surface area contributed by atoms with Crippen molar-refractivity contribution in [2.24, 2.45) is 0 Å². The highest BCUT2D eigenvalue weighted by atomic mass is 35.5. The average molecular weight is 229 g/mol. The van der Waals surface area contributed by atoms with Gasteiger partial charge in [0.15, 0.2) is 0 Å². The summed E-state index contributed by atoms with van der Waals surface area (Å²) in [5.74, 6) is -0.901. The number of carboxylic acids is 1. The number of aromatic nitrogens is 2. The number of hydrogen-bond acceptors (Lipinski definition) is 3. The summed E-state index contributed by atoms with van der Waals surface area (Å²) in [5, 5.41) is 12.6. The van der Waals surface area contributed by atoms with Crippen molar-refractivity contribution in [2.45, 2.75) is 25.3 Å². The predicted octanol–water partition coefficient (Wildman–Crippen LogP) is 0.859. The average Bonchev–Trinajstić information content (AvgIpc) is 2.94. The van der Waals surface area contributed by atoms with Crippen LogP contribution < -0.4 is 5.56 Å². The molecule has 15 heavy (non-hydrogen) atoms. The van der Waals surface area contributed by atoms with Crippen molar-refractivity contribution in [3.05, 3.63) is 27.1 Å². The lowest BCUT2D eigenvalue weighted by Gasteiger charge is -2.05. The summed E-state index contributed by atoms with van der Waals surface area (Å²) in [4.78, 5) is 22.2. The van der Waals surface area contributed by atoms with Crippen LogP contribution in [0.1, 0.15) is 24.3 Å². The molecule has 0 bridgehead atoms. The van der Waals surface area contributed by atoms with E-state index >= 15 is 0 Å². The quantitative estimate of drug-likeness (QED) is 0.833. The first-order valence-electron chi connectivity index (χ1n) is 4.57. The van der Waals surface area contributed by atoms with Crippen LogP contribution in [0.3, 0.4) is 0 Å². The van der Waals surface area contributed by atoms with Crippen molar-refractivity contribution in [1.82, 2.24) is 9.78 Å². The Morgan fingerprint density at radius 1 is 1.67 bits per heavy atom. The Morgan fingerprint density at radius 3 is 2.87 bits per heavy atom. The molecule has 0 atom stereocenters. The maximum absolute atomic E-state index is 11.8. The van der Waals surface area contributed by atoms with E-state index < -0.39 is 12.5 Å². The zero-order chi connectivity index (χ0) is 11.0. The molecule has 0 unspecified atom stereocenters. The van der Waals surface area contributed by atoms with Crippen LogP contribution in [-0.4, -0.2) is 20.9 Å². The van der Waals surface area contributed by atoms with Gasteiger partial charge in [-0.05, 0) is 18.8 Å². The number of carboxylic acid groups (broad SMARTS) is 1. The third-order valence-corrected chi connectivity index (χ3v) is 2.60. The molecule has 6 heteroatoms. The van der Waals surface area contributed by atoms with E-state index in [1.165, 1.54) is 6.20 Å². The van der Waals surface area contributed by atoms with Crippen molar-refractivity contribution in [3.8, 4) is 0 Å². The topological polar surface area (TPSA) is 72.2 Å². The first-order chi connectivity index (χ1) is 7.09. The molecular formula is C9H9ClN2O3. The van der Waals surface area contributed by atoms with Gasteiger partial charge in [0.2, 0.25) is 0 Å². The number of aliphatic carboxylic acids is 1. The van der Waals surface area contributed by atoms with E-state index in [9.17, 15) is 9.59 Å². The summed E-state index contributed by atoms with van der Waals surface area (Å²) in [6, 6.07) is 0. The first-order valence-corrected chi connectivity index (χ1v) is 4.94. The molecule has 1 N–H and O–H groups in total. The van der Waals surface area contributed by atoms with Gasteiger partial charge in [-0.1, -0.05) is 11.6 Å².